The van der Waals surface area contributed by atoms with Crippen molar-refractivity contribution >= 4 is 39.6 Å². The maximum Gasteiger partial charge on any atom is 0.407 e. The van der Waals surface area contributed by atoms with Crippen molar-refractivity contribution in [1.82, 2.24) is 5.32 Å². The Morgan fingerprint density at radius 2 is 1.63 bits per heavy atom. The lowest BCUT2D eigenvalue weighted by molar-refractivity contribution is -0.118. The zero-order valence-electron chi connectivity index (χ0n) is 19.3. The molecule has 0 saturated heterocycles. The summed E-state index contributed by atoms with van der Waals surface area (Å²) in [6.45, 7) is 3.67. The fourth-order valence-electron chi connectivity index (χ4n) is 4.33. The lowest BCUT2D eigenvalue weighted by Gasteiger charge is -2.19. The molecule has 3 N–H and O–H groups in total. The molecule has 0 unspecified atom stereocenters. The van der Waals surface area contributed by atoms with Gasteiger partial charge >= 0.3 is 12.1 Å². The Labute approximate surface area is 211 Å². The summed E-state index contributed by atoms with van der Waals surface area (Å²) in [6, 6.07) is 18.3. The molecule has 3 aromatic rings. The molecular weight excluding hydrogens is 512 g/mol. The van der Waals surface area contributed by atoms with E-state index < -0.39 is 24.0 Å². The van der Waals surface area contributed by atoms with E-state index in [0.29, 0.717) is 22.1 Å². The van der Waals surface area contributed by atoms with Crippen LogP contribution in [0.25, 0.3) is 11.1 Å². The quantitative estimate of drug-likeness (QED) is 0.358. The third-order valence-corrected chi connectivity index (χ3v) is 6.82. The Hall–Kier alpha value is -3.65. The molecule has 4 rings (SSSR count). The molecule has 3 aromatic carbocycles. The molecule has 0 fully saturated rings. The van der Waals surface area contributed by atoms with Gasteiger partial charge in [0.2, 0.25) is 5.91 Å². The molecule has 1 aliphatic rings. The van der Waals surface area contributed by atoms with Crippen molar-refractivity contribution in [2.75, 3.05) is 11.9 Å². The van der Waals surface area contributed by atoms with E-state index in [0.717, 1.165) is 22.3 Å². The summed E-state index contributed by atoms with van der Waals surface area (Å²) in [5.74, 6) is -1.65. The number of amides is 2. The van der Waals surface area contributed by atoms with E-state index in [1.807, 2.05) is 36.4 Å². The number of carbonyl (C=O) groups excluding carboxylic acids is 2. The largest absolute Gasteiger partial charge is 0.478 e. The van der Waals surface area contributed by atoms with Gasteiger partial charge in [0.05, 0.1) is 5.56 Å². The van der Waals surface area contributed by atoms with Gasteiger partial charge in [-0.15, -0.1) is 0 Å². The molecule has 0 aromatic heterocycles. The highest BCUT2D eigenvalue weighted by Crippen LogP contribution is 2.44. The maximum absolute atomic E-state index is 12.8. The smallest absolute Gasteiger partial charge is 0.407 e. The van der Waals surface area contributed by atoms with Crippen LogP contribution in [0.5, 0.6) is 0 Å². The van der Waals surface area contributed by atoms with Crippen LogP contribution in [0.15, 0.2) is 65.1 Å². The third kappa shape index (κ3) is 5.07. The Kier molecular flexibility index (Phi) is 7.21. The molecule has 0 spiro atoms. The number of rotatable bonds is 7. The van der Waals surface area contributed by atoms with Gasteiger partial charge < -0.3 is 20.5 Å². The lowest BCUT2D eigenvalue weighted by atomic mass is 9.98. The number of aromatic carboxylic acids is 1. The van der Waals surface area contributed by atoms with E-state index in [1.165, 1.54) is 6.07 Å². The van der Waals surface area contributed by atoms with Gasteiger partial charge in [-0.05, 0) is 69.2 Å². The monoisotopic (exact) mass is 536 g/mol. The number of fused-ring (bicyclic) bond motifs is 3. The first-order valence-corrected chi connectivity index (χ1v) is 12.0. The number of hydrogen-bond acceptors (Lipinski definition) is 4. The van der Waals surface area contributed by atoms with Crippen molar-refractivity contribution in [2.45, 2.75) is 32.2 Å². The molecule has 8 heteroatoms. The van der Waals surface area contributed by atoms with Crippen LogP contribution in [-0.2, 0) is 9.53 Å². The molecule has 0 bridgehead atoms. The summed E-state index contributed by atoms with van der Waals surface area (Å²) in [7, 11) is 0. The van der Waals surface area contributed by atoms with Crippen LogP contribution in [0.4, 0.5) is 10.5 Å². The van der Waals surface area contributed by atoms with E-state index in [9.17, 15) is 19.5 Å². The molecular formula is C27H25BrN2O5. The summed E-state index contributed by atoms with van der Waals surface area (Å²) < 4.78 is 5.97. The number of aryl methyl sites for hydroxylation is 1. The molecule has 1 aliphatic carbocycles. The number of carboxylic acid groups (broad SMARTS) is 1. The van der Waals surface area contributed by atoms with Crippen molar-refractivity contribution in [1.29, 1.82) is 0 Å². The van der Waals surface area contributed by atoms with Gasteiger partial charge in [-0.25, -0.2) is 9.59 Å². The van der Waals surface area contributed by atoms with Gasteiger partial charge in [-0.3, -0.25) is 4.79 Å². The van der Waals surface area contributed by atoms with Gasteiger partial charge in [-0.1, -0.05) is 55.5 Å². The SMILES string of the molecule is CC[C@@H](NC(=O)OCC1c2ccccc2-c2ccccc21)C(=O)Nc1cc(C(=O)O)c(Br)cc1C. The average molecular weight is 537 g/mol. The number of halogens is 1. The first kappa shape index (κ1) is 24.5. The van der Waals surface area contributed by atoms with Gasteiger partial charge in [0.1, 0.15) is 12.6 Å². The van der Waals surface area contributed by atoms with Crippen LogP contribution in [0.2, 0.25) is 0 Å². The van der Waals surface area contributed by atoms with Crippen LogP contribution >= 0.6 is 15.9 Å². The first-order valence-electron chi connectivity index (χ1n) is 11.3. The molecule has 2 amide bonds. The lowest BCUT2D eigenvalue weighted by Crippen LogP contribution is -2.44. The van der Waals surface area contributed by atoms with Crippen molar-refractivity contribution in [3.05, 3.63) is 87.4 Å². The number of nitrogens with one attached hydrogen (secondary N) is 2. The number of ether oxygens (including phenoxy) is 1. The molecule has 1 atom stereocenters. The number of anilines is 1. The number of benzene rings is 3. The van der Waals surface area contributed by atoms with Crippen LogP contribution in [-0.4, -0.2) is 35.7 Å². The highest BCUT2D eigenvalue weighted by molar-refractivity contribution is 9.10. The summed E-state index contributed by atoms with van der Waals surface area (Å²) in [4.78, 5) is 36.9. The van der Waals surface area contributed by atoms with E-state index in [4.69, 9.17) is 4.74 Å². The summed E-state index contributed by atoms with van der Waals surface area (Å²) in [5.41, 5.74) is 5.55. The first-order chi connectivity index (χ1) is 16.8. The molecule has 0 radical (unpaired) electrons. The van der Waals surface area contributed by atoms with Gasteiger partial charge in [0.15, 0.2) is 0 Å². The number of alkyl carbamates (subject to hydrolysis) is 1. The summed E-state index contributed by atoms with van der Waals surface area (Å²) >= 11 is 3.22. The zero-order chi connectivity index (χ0) is 25.1. The van der Waals surface area contributed by atoms with Crippen LogP contribution in [0.1, 0.15) is 46.3 Å². The second-order valence-corrected chi connectivity index (χ2v) is 9.23. The summed E-state index contributed by atoms with van der Waals surface area (Å²) in [5, 5.41) is 14.7. The minimum Gasteiger partial charge on any atom is -0.478 e. The van der Waals surface area contributed by atoms with Crippen LogP contribution in [0.3, 0.4) is 0 Å². The summed E-state index contributed by atoms with van der Waals surface area (Å²) in [6.07, 6.45) is -0.357. The zero-order valence-corrected chi connectivity index (χ0v) is 20.9. The number of hydrogen-bond donors (Lipinski definition) is 3. The predicted molar refractivity (Wildman–Crippen MR) is 137 cm³/mol. The highest BCUT2D eigenvalue weighted by atomic mass is 79.9. The Morgan fingerprint density at radius 3 is 2.20 bits per heavy atom. The van der Waals surface area contributed by atoms with Crippen LogP contribution in [0, 0.1) is 6.92 Å². The minimum atomic E-state index is -1.11. The van der Waals surface area contributed by atoms with Gasteiger partial charge in [-0.2, -0.15) is 0 Å². The van der Waals surface area contributed by atoms with E-state index in [1.54, 1.807) is 19.9 Å². The standard InChI is InChI=1S/C27H25BrN2O5/c1-3-23(25(31)29-24-13-20(26(32)33)22(28)12-15(24)2)30-27(34)35-14-21-18-10-6-4-8-16(18)17-9-5-7-11-19(17)21/h4-13,21,23H,3,14H2,1-2H3,(H,29,31)(H,30,34)(H,32,33)/t23-/m1/s1. The fraction of sp³-hybridized carbons (Fsp3) is 0.222. The highest BCUT2D eigenvalue weighted by Gasteiger charge is 2.29. The third-order valence-electron chi connectivity index (χ3n) is 6.16. The predicted octanol–water partition coefficient (Wildman–Crippen LogP) is 5.71. The molecule has 180 valence electrons. The topological polar surface area (TPSA) is 105 Å². The Morgan fingerprint density at radius 1 is 1.03 bits per heavy atom. The maximum atomic E-state index is 12.8. The van der Waals surface area contributed by atoms with Crippen LogP contribution < -0.4 is 10.6 Å². The van der Waals surface area contributed by atoms with Gasteiger partial charge in [0, 0.05) is 16.1 Å². The second kappa shape index (κ2) is 10.3. The Bertz CT molecular complexity index is 1260. The number of carbonyl (C=O) groups is 3. The van der Waals surface area contributed by atoms with E-state index in [-0.39, 0.29) is 18.1 Å². The molecule has 0 heterocycles. The van der Waals surface area contributed by atoms with Crippen molar-refractivity contribution in [3.63, 3.8) is 0 Å². The van der Waals surface area contributed by atoms with Gasteiger partial charge in [0.25, 0.3) is 0 Å². The molecule has 7 nitrogen and oxygen atoms in total. The normalized spacial score (nSPS) is 12.9. The Balaban J connectivity index is 1.41. The molecule has 0 aliphatic heterocycles. The number of carboxylic acids is 1. The minimum absolute atomic E-state index is 0.0310. The average Bonchev–Trinajstić information content (AvgIpc) is 3.16. The second-order valence-electron chi connectivity index (χ2n) is 8.37. The van der Waals surface area contributed by atoms with Crippen molar-refractivity contribution in [3.8, 4) is 11.1 Å². The van der Waals surface area contributed by atoms with E-state index in [2.05, 4.69) is 38.7 Å². The van der Waals surface area contributed by atoms with E-state index >= 15 is 0 Å². The van der Waals surface area contributed by atoms with Crippen molar-refractivity contribution in [2.24, 2.45) is 0 Å². The van der Waals surface area contributed by atoms with Crippen molar-refractivity contribution < 1.29 is 24.2 Å². The molecule has 35 heavy (non-hydrogen) atoms. The molecule has 0 saturated carbocycles. The fourth-order valence-corrected chi connectivity index (χ4v) is 4.95.